The zero-order chi connectivity index (χ0) is 20.8. The van der Waals surface area contributed by atoms with Gasteiger partial charge < -0.3 is 14.8 Å². The Morgan fingerprint density at radius 3 is 2.52 bits per heavy atom. The van der Waals surface area contributed by atoms with E-state index in [4.69, 9.17) is 9.47 Å². The minimum Gasteiger partial charge on any atom is -0.496 e. The van der Waals surface area contributed by atoms with Gasteiger partial charge in [0.2, 0.25) is 0 Å². The molecule has 1 amide bonds. The molecule has 0 saturated heterocycles. The average Bonchev–Trinajstić information content (AvgIpc) is 3.20. The minimum absolute atomic E-state index is 0.116. The van der Waals surface area contributed by atoms with Crippen molar-refractivity contribution in [2.24, 2.45) is 5.92 Å². The van der Waals surface area contributed by atoms with Gasteiger partial charge in [-0.1, -0.05) is 38.1 Å². The molecule has 2 N–H and O–H groups in total. The van der Waals surface area contributed by atoms with Crippen molar-refractivity contribution in [3.8, 4) is 28.8 Å². The summed E-state index contributed by atoms with van der Waals surface area (Å²) >= 11 is 0. The van der Waals surface area contributed by atoms with Crippen LogP contribution in [0.4, 0.5) is 5.82 Å². The summed E-state index contributed by atoms with van der Waals surface area (Å²) in [5, 5.41) is 19.1. The highest BCUT2D eigenvalue weighted by Crippen LogP contribution is 2.29. The summed E-state index contributed by atoms with van der Waals surface area (Å²) in [5.41, 5.74) is 1.93. The van der Waals surface area contributed by atoms with Crippen LogP contribution in [0, 0.1) is 17.2 Å². The number of methoxy groups -OCH3 is 1. The van der Waals surface area contributed by atoms with Crippen molar-refractivity contribution in [3.63, 3.8) is 0 Å². The van der Waals surface area contributed by atoms with Crippen LogP contribution < -0.4 is 14.8 Å². The highest BCUT2D eigenvalue weighted by Gasteiger charge is 2.26. The molecular formula is C22H22N4O3. The molecule has 148 valence electrons. The molecule has 1 atom stereocenters. The van der Waals surface area contributed by atoms with Crippen molar-refractivity contribution >= 4 is 11.7 Å². The van der Waals surface area contributed by atoms with Crippen LogP contribution in [0.3, 0.4) is 0 Å². The molecule has 0 radical (unpaired) electrons. The van der Waals surface area contributed by atoms with E-state index in [1.807, 2.05) is 38.1 Å². The molecule has 2 aromatic carbocycles. The molecule has 1 aromatic heterocycles. The number of para-hydroxylation sites is 2. The first-order chi connectivity index (χ1) is 14.0. The Labute approximate surface area is 169 Å². The molecule has 3 aromatic rings. The van der Waals surface area contributed by atoms with Crippen molar-refractivity contribution in [2.75, 3.05) is 12.4 Å². The second kappa shape index (κ2) is 8.93. The van der Waals surface area contributed by atoms with Crippen LogP contribution in [0.15, 0.2) is 54.6 Å². The lowest BCUT2D eigenvalue weighted by Crippen LogP contribution is -2.37. The number of carbonyl (C=O) groups is 1. The van der Waals surface area contributed by atoms with E-state index in [9.17, 15) is 10.1 Å². The monoisotopic (exact) mass is 390 g/mol. The molecule has 0 fully saturated rings. The maximum absolute atomic E-state index is 12.8. The molecule has 0 bridgehead atoms. The van der Waals surface area contributed by atoms with E-state index < -0.39 is 6.10 Å². The van der Waals surface area contributed by atoms with Crippen molar-refractivity contribution in [3.05, 3.63) is 60.2 Å². The van der Waals surface area contributed by atoms with E-state index in [1.165, 1.54) is 0 Å². The van der Waals surface area contributed by atoms with Crippen LogP contribution in [-0.4, -0.2) is 29.3 Å². The number of carbonyl (C=O) groups excluding carboxylic acids is 1. The van der Waals surface area contributed by atoms with Gasteiger partial charge in [0.25, 0.3) is 5.91 Å². The largest absolute Gasteiger partial charge is 0.496 e. The van der Waals surface area contributed by atoms with Gasteiger partial charge in [-0.15, -0.1) is 0 Å². The summed E-state index contributed by atoms with van der Waals surface area (Å²) in [7, 11) is 1.60. The molecule has 7 heteroatoms. The number of rotatable bonds is 7. The summed E-state index contributed by atoms with van der Waals surface area (Å²) in [4.78, 5) is 12.8. The predicted molar refractivity (Wildman–Crippen MR) is 110 cm³/mol. The smallest absolute Gasteiger partial charge is 0.266 e. The van der Waals surface area contributed by atoms with Gasteiger partial charge in [0, 0.05) is 11.6 Å². The summed E-state index contributed by atoms with van der Waals surface area (Å²) in [5.74, 6) is 0.991. The molecule has 1 unspecified atom stereocenters. The van der Waals surface area contributed by atoms with Gasteiger partial charge in [-0.3, -0.25) is 9.89 Å². The molecule has 0 saturated carbocycles. The Morgan fingerprint density at radius 1 is 1.14 bits per heavy atom. The third kappa shape index (κ3) is 4.55. The minimum atomic E-state index is -0.782. The number of nitrogens with one attached hydrogen (secondary N) is 2. The fourth-order valence-electron chi connectivity index (χ4n) is 2.88. The molecule has 29 heavy (non-hydrogen) atoms. The molecule has 0 aliphatic rings. The summed E-state index contributed by atoms with van der Waals surface area (Å²) in [6.45, 7) is 3.76. The van der Waals surface area contributed by atoms with E-state index in [0.717, 1.165) is 11.3 Å². The lowest BCUT2D eigenvalue weighted by molar-refractivity contribution is -0.124. The number of aromatic nitrogens is 2. The van der Waals surface area contributed by atoms with Crippen LogP contribution in [-0.2, 0) is 4.79 Å². The van der Waals surface area contributed by atoms with Gasteiger partial charge in [0.1, 0.15) is 17.6 Å². The fraction of sp³-hybridized carbons (Fsp3) is 0.227. The highest BCUT2D eigenvalue weighted by atomic mass is 16.5. The Hall–Kier alpha value is -3.79. The number of nitriles is 1. The fourth-order valence-corrected chi connectivity index (χ4v) is 2.88. The normalized spacial score (nSPS) is 11.6. The molecular weight excluding hydrogens is 368 g/mol. The van der Waals surface area contributed by atoms with Gasteiger partial charge in [-0.05, 0) is 30.2 Å². The Bertz CT molecular complexity index is 1040. The standard InChI is InChI=1S/C22H22N4O3/c1-14(2)21(29-18-10-6-4-8-15(18)13-23)22(27)24-20-12-17(25-26-20)16-9-5-7-11-19(16)28-3/h4-12,14,21H,1-3H3,(H2,24,25,26,27). The van der Waals surface area contributed by atoms with Crippen molar-refractivity contribution in [1.29, 1.82) is 5.26 Å². The van der Waals surface area contributed by atoms with E-state index in [0.29, 0.717) is 22.9 Å². The van der Waals surface area contributed by atoms with Gasteiger partial charge in [-0.2, -0.15) is 10.4 Å². The average molecular weight is 390 g/mol. The van der Waals surface area contributed by atoms with Crippen LogP contribution in [0.2, 0.25) is 0 Å². The zero-order valence-corrected chi connectivity index (χ0v) is 16.5. The lowest BCUT2D eigenvalue weighted by Gasteiger charge is -2.21. The first-order valence-corrected chi connectivity index (χ1v) is 9.19. The van der Waals surface area contributed by atoms with Crippen LogP contribution >= 0.6 is 0 Å². The van der Waals surface area contributed by atoms with Gasteiger partial charge in [-0.25, -0.2) is 0 Å². The summed E-state index contributed by atoms with van der Waals surface area (Å²) < 4.78 is 11.2. The topological polar surface area (TPSA) is 100 Å². The Balaban J connectivity index is 1.77. The maximum Gasteiger partial charge on any atom is 0.266 e. The van der Waals surface area contributed by atoms with E-state index >= 15 is 0 Å². The van der Waals surface area contributed by atoms with Crippen LogP contribution in [0.1, 0.15) is 19.4 Å². The number of anilines is 1. The zero-order valence-electron chi connectivity index (χ0n) is 16.5. The maximum atomic E-state index is 12.8. The number of H-pyrrole nitrogens is 1. The third-order valence-electron chi connectivity index (χ3n) is 4.35. The first kappa shape index (κ1) is 20.0. The van der Waals surface area contributed by atoms with Crippen LogP contribution in [0.5, 0.6) is 11.5 Å². The molecule has 0 aliphatic heterocycles. The van der Waals surface area contributed by atoms with Gasteiger partial charge in [0.05, 0.1) is 18.4 Å². The van der Waals surface area contributed by atoms with Crippen molar-refractivity contribution in [2.45, 2.75) is 20.0 Å². The number of ether oxygens (including phenoxy) is 2. The molecule has 1 heterocycles. The van der Waals surface area contributed by atoms with Crippen molar-refractivity contribution < 1.29 is 14.3 Å². The van der Waals surface area contributed by atoms with Gasteiger partial charge >= 0.3 is 0 Å². The predicted octanol–water partition coefficient (Wildman–Crippen LogP) is 4.00. The molecule has 3 rings (SSSR count). The number of nitrogens with zero attached hydrogens (tertiary/aromatic N) is 2. The number of hydrogen-bond donors (Lipinski definition) is 2. The molecule has 7 nitrogen and oxygen atoms in total. The van der Waals surface area contributed by atoms with Gasteiger partial charge in [0.15, 0.2) is 11.9 Å². The second-order valence-corrected chi connectivity index (χ2v) is 6.75. The number of benzene rings is 2. The SMILES string of the molecule is COc1ccccc1-c1cc(NC(=O)C(Oc2ccccc2C#N)C(C)C)n[nH]1. The Morgan fingerprint density at radius 2 is 1.83 bits per heavy atom. The van der Waals surface area contributed by atoms with E-state index in [-0.39, 0.29) is 11.8 Å². The second-order valence-electron chi connectivity index (χ2n) is 6.75. The number of aromatic amines is 1. The number of amides is 1. The number of hydrogen-bond acceptors (Lipinski definition) is 5. The summed E-state index contributed by atoms with van der Waals surface area (Å²) in [6.07, 6.45) is -0.782. The molecule has 0 aliphatic carbocycles. The highest BCUT2D eigenvalue weighted by molar-refractivity contribution is 5.94. The first-order valence-electron chi connectivity index (χ1n) is 9.19. The van der Waals surface area contributed by atoms with E-state index in [2.05, 4.69) is 21.6 Å². The summed E-state index contributed by atoms with van der Waals surface area (Å²) in [6, 6.07) is 18.2. The lowest BCUT2D eigenvalue weighted by atomic mass is 10.1. The van der Waals surface area contributed by atoms with Crippen LogP contribution in [0.25, 0.3) is 11.3 Å². The Kier molecular flexibility index (Phi) is 6.15. The van der Waals surface area contributed by atoms with E-state index in [1.54, 1.807) is 37.4 Å². The van der Waals surface area contributed by atoms with Crippen molar-refractivity contribution in [1.82, 2.24) is 10.2 Å². The quantitative estimate of drug-likeness (QED) is 0.635. The molecule has 0 spiro atoms. The third-order valence-corrected chi connectivity index (χ3v) is 4.35.